The van der Waals surface area contributed by atoms with Gasteiger partial charge < -0.3 is 20.1 Å². The molecule has 0 aliphatic rings. The lowest BCUT2D eigenvalue weighted by Crippen LogP contribution is -2.25. The Morgan fingerprint density at radius 1 is 1.33 bits per heavy atom. The van der Waals surface area contributed by atoms with Crippen molar-refractivity contribution in [1.29, 1.82) is 0 Å². The summed E-state index contributed by atoms with van der Waals surface area (Å²) in [5.41, 5.74) is 0. The van der Waals surface area contributed by atoms with Crippen LogP contribution in [0, 0.1) is 5.92 Å². The normalized spacial score (nSPS) is 13.8. The minimum absolute atomic E-state index is 0.0274. The van der Waals surface area contributed by atoms with Crippen LogP contribution < -0.4 is 0 Å². The van der Waals surface area contributed by atoms with Crippen molar-refractivity contribution in [2.75, 3.05) is 19.8 Å². The lowest BCUT2D eigenvalue weighted by molar-refractivity contribution is -0.108. The molecule has 4 heteroatoms. The lowest BCUT2D eigenvalue weighted by Gasteiger charge is -2.17. The van der Waals surface area contributed by atoms with Gasteiger partial charge in [0.05, 0.1) is 19.8 Å². The Hall–Kier alpha value is -0.160. The third-order valence-electron chi connectivity index (χ3n) is 1.65. The molecule has 0 saturated carbocycles. The summed E-state index contributed by atoms with van der Waals surface area (Å²) in [6.07, 6.45) is 0.303. The number of hydrogen-bond acceptors (Lipinski definition) is 4. The minimum Gasteiger partial charge on any atom is -0.394 e. The highest BCUT2D eigenvalue weighted by Crippen LogP contribution is 2.10. The van der Waals surface area contributed by atoms with Crippen LogP contribution in [-0.2, 0) is 4.74 Å². The van der Waals surface area contributed by atoms with Crippen LogP contribution in [0.4, 0.5) is 0 Å². The highest BCUT2D eigenvalue weighted by molar-refractivity contribution is 4.58. The fourth-order valence-electron chi connectivity index (χ4n) is 0.989. The third kappa shape index (κ3) is 5.49. The van der Waals surface area contributed by atoms with E-state index in [2.05, 4.69) is 0 Å². The van der Waals surface area contributed by atoms with Gasteiger partial charge in [0, 0.05) is 5.92 Å². The van der Waals surface area contributed by atoms with Gasteiger partial charge in [-0.15, -0.1) is 0 Å². The first-order valence-electron chi connectivity index (χ1n) is 4.27. The molecule has 0 aliphatic heterocycles. The van der Waals surface area contributed by atoms with Crippen LogP contribution in [0.15, 0.2) is 0 Å². The minimum atomic E-state index is -1.32. The summed E-state index contributed by atoms with van der Waals surface area (Å²) in [5.74, 6) is -0.235. The van der Waals surface area contributed by atoms with Gasteiger partial charge in [0.25, 0.3) is 0 Å². The maximum atomic E-state index is 8.86. The molecule has 12 heavy (non-hydrogen) atoms. The van der Waals surface area contributed by atoms with Crippen LogP contribution in [0.25, 0.3) is 0 Å². The molecule has 0 aromatic heterocycles. The van der Waals surface area contributed by atoms with Crippen molar-refractivity contribution in [1.82, 2.24) is 0 Å². The summed E-state index contributed by atoms with van der Waals surface area (Å²) in [7, 11) is 0. The van der Waals surface area contributed by atoms with Crippen molar-refractivity contribution >= 4 is 0 Å². The van der Waals surface area contributed by atoms with E-state index in [0.717, 1.165) is 12.8 Å². The zero-order chi connectivity index (χ0) is 9.40. The quantitative estimate of drug-likeness (QED) is 0.370. The van der Waals surface area contributed by atoms with E-state index in [-0.39, 0.29) is 19.1 Å². The number of hydrogen-bond donors (Lipinski definition) is 3. The zero-order valence-corrected chi connectivity index (χ0v) is 7.44. The maximum Gasteiger partial charge on any atom is 0.156 e. The molecule has 1 atom stereocenters. The average molecular weight is 178 g/mol. The summed E-state index contributed by atoms with van der Waals surface area (Å²) in [5, 5.41) is 26.1. The van der Waals surface area contributed by atoms with E-state index in [1.54, 1.807) is 0 Å². The van der Waals surface area contributed by atoms with Gasteiger partial charge in [0.15, 0.2) is 6.29 Å². The Bertz CT molecular complexity index is 95.1. The Labute approximate surface area is 72.8 Å². The fraction of sp³-hybridized carbons (Fsp3) is 1.00. The Kier molecular flexibility index (Phi) is 7.39. The average Bonchev–Trinajstić information content (AvgIpc) is 2.03. The number of aliphatic hydroxyl groups is 3. The molecule has 0 fully saturated rings. The van der Waals surface area contributed by atoms with Crippen molar-refractivity contribution in [2.45, 2.75) is 26.1 Å². The van der Waals surface area contributed by atoms with E-state index in [1.807, 2.05) is 6.92 Å². The molecule has 0 saturated heterocycles. The van der Waals surface area contributed by atoms with Gasteiger partial charge in [-0.05, 0) is 6.42 Å². The molecule has 0 rings (SSSR count). The van der Waals surface area contributed by atoms with E-state index in [9.17, 15) is 0 Å². The SMILES string of the molecule is CCCC(COCCO)C(O)O. The number of ether oxygens (including phenoxy) is 1. The van der Waals surface area contributed by atoms with Gasteiger partial charge in [-0.2, -0.15) is 0 Å². The third-order valence-corrected chi connectivity index (χ3v) is 1.65. The maximum absolute atomic E-state index is 8.86. The first-order chi connectivity index (χ1) is 5.72. The molecule has 0 amide bonds. The van der Waals surface area contributed by atoms with Gasteiger partial charge >= 0.3 is 0 Å². The summed E-state index contributed by atoms with van der Waals surface area (Å²) >= 11 is 0. The largest absolute Gasteiger partial charge is 0.394 e. The van der Waals surface area contributed by atoms with E-state index in [1.165, 1.54) is 0 Å². The zero-order valence-electron chi connectivity index (χ0n) is 7.44. The number of rotatable bonds is 7. The standard InChI is InChI=1S/C8H18O4/c1-2-3-7(8(10)11)6-12-5-4-9/h7-11H,2-6H2,1H3. The van der Waals surface area contributed by atoms with Gasteiger partial charge in [-0.25, -0.2) is 0 Å². The fourth-order valence-corrected chi connectivity index (χ4v) is 0.989. The van der Waals surface area contributed by atoms with Crippen LogP contribution in [0.3, 0.4) is 0 Å². The van der Waals surface area contributed by atoms with Crippen LogP contribution in [0.2, 0.25) is 0 Å². The second-order valence-electron chi connectivity index (χ2n) is 2.76. The van der Waals surface area contributed by atoms with Crippen LogP contribution in [0.1, 0.15) is 19.8 Å². The molecule has 1 unspecified atom stereocenters. The smallest absolute Gasteiger partial charge is 0.156 e. The molecular weight excluding hydrogens is 160 g/mol. The second kappa shape index (κ2) is 7.49. The van der Waals surface area contributed by atoms with Gasteiger partial charge in [0.1, 0.15) is 0 Å². The molecular formula is C8H18O4. The van der Waals surface area contributed by atoms with E-state index < -0.39 is 6.29 Å². The van der Waals surface area contributed by atoms with Crippen LogP contribution in [0.5, 0.6) is 0 Å². The molecule has 0 aromatic carbocycles. The molecule has 3 N–H and O–H groups in total. The van der Waals surface area contributed by atoms with Crippen molar-refractivity contribution in [3.63, 3.8) is 0 Å². The van der Waals surface area contributed by atoms with Gasteiger partial charge in [-0.1, -0.05) is 13.3 Å². The van der Waals surface area contributed by atoms with Gasteiger partial charge in [-0.3, -0.25) is 0 Å². The first kappa shape index (κ1) is 11.8. The van der Waals surface area contributed by atoms with Crippen molar-refractivity contribution in [3.05, 3.63) is 0 Å². The van der Waals surface area contributed by atoms with E-state index in [0.29, 0.717) is 6.61 Å². The highest BCUT2D eigenvalue weighted by atomic mass is 16.5. The van der Waals surface area contributed by atoms with Gasteiger partial charge in [0.2, 0.25) is 0 Å². The first-order valence-corrected chi connectivity index (χ1v) is 4.27. The predicted octanol–water partition coefficient (Wildman–Crippen LogP) is -0.278. The lowest BCUT2D eigenvalue weighted by atomic mass is 10.0. The van der Waals surface area contributed by atoms with Crippen molar-refractivity contribution < 1.29 is 20.1 Å². The summed E-state index contributed by atoms with van der Waals surface area (Å²) < 4.78 is 4.99. The summed E-state index contributed by atoms with van der Waals surface area (Å²) in [6.45, 7) is 2.50. The predicted molar refractivity (Wildman–Crippen MR) is 44.5 cm³/mol. The summed E-state index contributed by atoms with van der Waals surface area (Å²) in [4.78, 5) is 0. The second-order valence-corrected chi connectivity index (χ2v) is 2.76. The van der Waals surface area contributed by atoms with Crippen LogP contribution >= 0.6 is 0 Å². The molecule has 74 valence electrons. The Balaban J connectivity index is 3.49. The molecule has 4 nitrogen and oxygen atoms in total. The molecule has 0 aromatic rings. The Morgan fingerprint density at radius 2 is 2.00 bits per heavy atom. The Morgan fingerprint density at radius 3 is 2.42 bits per heavy atom. The van der Waals surface area contributed by atoms with E-state index in [4.69, 9.17) is 20.1 Å². The number of aliphatic hydroxyl groups excluding tert-OH is 2. The topological polar surface area (TPSA) is 69.9 Å². The molecule has 0 heterocycles. The van der Waals surface area contributed by atoms with Crippen LogP contribution in [-0.4, -0.2) is 41.4 Å². The molecule has 0 aliphatic carbocycles. The van der Waals surface area contributed by atoms with Crippen molar-refractivity contribution in [3.8, 4) is 0 Å². The molecule has 0 spiro atoms. The molecule has 0 radical (unpaired) electrons. The summed E-state index contributed by atoms with van der Waals surface area (Å²) in [6, 6.07) is 0. The highest BCUT2D eigenvalue weighted by Gasteiger charge is 2.15. The molecule has 0 bridgehead atoms. The monoisotopic (exact) mass is 178 g/mol. The van der Waals surface area contributed by atoms with Crippen molar-refractivity contribution in [2.24, 2.45) is 5.92 Å². The van der Waals surface area contributed by atoms with E-state index >= 15 is 0 Å².